The standard InChI is InChI=1S/C11H16N2O2/c1-8(6-12)11(15)13-7-9-4-2-3-5-10(9)14/h2-5,8,14H,6-7,12H2,1H3,(H,13,15). The largest absolute Gasteiger partial charge is 0.508 e. The van der Waals surface area contributed by atoms with Crippen molar-refractivity contribution in [3.63, 3.8) is 0 Å². The zero-order valence-corrected chi connectivity index (χ0v) is 8.73. The topological polar surface area (TPSA) is 75.4 Å². The SMILES string of the molecule is CC(CN)C(=O)NCc1ccccc1O. The van der Waals surface area contributed by atoms with Gasteiger partial charge in [0.05, 0.1) is 0 Å². The maximum absolute atomic E-state index is 11.4. The van der Waals surface area contributed by atoms with E-state index in [0.29, 0.717) is 18.7 Å². The zero-order valence-electron chi connectivity index (χ0n) is 8.73. The van der Waals surface area contributed by atoms with Crippen molar-refractivity contribution < 1.29 is 9.90 Å². The van der Waals surface area contributed by atoms with E-state index < -0.39 is 0 Å². The molecule has 0 aliphatic heterocycles. The van der Waals surface area contributed by atoms with Crippen LogP contribution in [0.3, 0.4) is 0 Å². The van der Waals surface area contributed by atoms with Gasteiger partial charge < -0.3 is 16.2 Å². The Bertz CT molecular complexity index is 339. The highest BCUT2D eigenvalue weighted by Crippen LogP contribution is 2.14. The number of amides is 1. The number of benzene rings is 1. The Kier molecular flexibility index (Phi) is 4.12. The molecular weight excluding hydrogens is 192 g/mol. The van der Waals surface area contributed by atoms with Crippen LogP contribution in [0.5, 0.6) is 5.75 Å². The molecule has 0 saturated carbocycles. The Balaban J connectivity index is 2.51. The number of phenols is 1. The minimum absolute atomic E-state index is 0.0965. The predicted octanol–water partition coefficient (Wildman–Crippen LogP) is 0.603. The quantitative estimate of drug-likeness (QED) is 0.678. The van der Waals surface area contributed by atoms with Gasteiger partial charge in [-0.2, -0.15) is 0 Å². The molecule has 0 aliphatic rings. The molecule has 1 rings (SSSR count). The molecule has 1 unspecified atom stereocenters. The van der Waals surface area contributed by atoms with Gasteiger partial charge in [-0.05, 0) is 6.07 Å². The molecule has 0 saturated heterocycles. The van der Waals surface area contributed by atoms with Crippen LogP contribution in [0.15, 0.2) is 24.3 Å². The average Bonchev–Trinajstić information content (AvgIpc) is 2.26. The lowest BCUT2D eigenvalue weighted by atomic mass is 10.1. The maximum atomic E-state index is 11.4. The number of para-hydroxylation sites is 1. The van der Waals surface area contributed by atoms with Gasteiger partial charge in [-0.1, -0.05) is 25.1 Å². The van der Waals surface area contributed by atoms with Gasteiger partial charge in [-0.15, -0.1) is 0 Å². The summed E-state index contributed by atoms with van der Waals surface area (Å²) < 4.78 is 0. The van der Waals surface area contributed by atoms with Crippen LogP contribution in [0.2, 0.25) is 0 Å². The van der Waals surface area contributed by atoms with Gasteiger partial charge in [0.15, 0.2) is 0 Å². The molecule has 0 fully saturated rings. The van der Waals surface area contributed by atoms with Gasteiger partial charge in [0.2, 0.25) is 5.91 Å². The van der Waals surface area contributed by atoms with Crippen molar-refractivity contribution in [3.05, 3.63) is 29.8 Å². The number of hydrogen-bond donors (Lipinski definition) is 3. The second-order valence-electron chi connectivity index (χ2n) is 3.48. The summed E-state index contributed by atoms with van der Waals surface area (Å²) in [6, 6.07) is 6.91. The van der Waals surface area contributed by atoms with Crippen molar-refractivity contribution in [1.29, 1.82) is 0 Å². The molecule has 0 bridgehead atoms. The Hall–Kier alpha value is -1.55. The molecule has 0 radical (unpaired) electrons. The Morgan fingerprint density at radius 1 is 1.53 bits per heavy atom. The van der Waals surface area contributed by atoms with Gasteiger partial charge in [-0.25, -0.2) is 0 Å². The van der Waals surface area contributed by atoms with E-state index in [1.165, 1.54) is 0 Å². The Morgan fingerprint density at radius 2 is 2.20 bits per heavy atom. The van der Waals surface area contributed by atoms with Crippen molar-refractivity contribution in [2.75, 3.05) is 6.54 Å². The van der Waals surface area contributed by atoms with E-state index in [0.717, 1.165) is 0 Å². The fraction of sp³-hybridized carbons (Fsp3) is 0.364. The molecule has 1 atom stereocenters. The van der Waals surface area contributed by atoms with Crippen LogP contribution in [-0.2, 0) is 11.3 Å². The highest BCUT2D eigenvalue weighted by molar-refractivity contribution is 5.78. The zero-order chi connectivity index (χ0) is 11.3. The van der Waals surface area contributed by atoms with Gasteiger partial charge >= 0.3 is 0 Å². The third-order valence-electron chi connectivity index (χ3n) is 2.25. The smallest absolute Gasteiger partial charge is 0.224 e. The summed E-state index contributed by atoms with van der Waals surface area (Å²) in [6.45, 7) is 2.42. The summed E-state index contributed by atoms with van der Waals surface area (Å²) in [6.07, 6.45) is 0. The summed E-state index contributed by atoms with van der Waals surface area (Å²) in [5, 5.41) is 12.2. The number of rotatable bonds is 4. The summed E-state index contributed by atoms with van der Waals surface area (Å²) >= 11 is 0. The molecule has 4 N–H and O–H groups in total. The van der Waals surface area contributed by atoms with Crippen LogP contribution in [0, 0.1) is 5.92 Å². The van der Waals surface area contributed by atoms with E-state index in [4.69, 9.17) is 5.73 Å². The lowest BCUT2D eigenvalue weighted by molar-refractivity contribution is -0.124. The second-order valence-corrected chi connectivity index (χ2v) is 3.48. The minimum Gasteiger partial charge on any atom is -0.508 e. The monoisotopic (exact) mass is 208 g/mol. The Morgan fingerprint density at radius 3 is 2.80 bits per heavy atom. The second kappa shape index (κ2) is 5.36. The Labute approximate surface area is 89.1 Å². The number of nitrogens with one attached hydrogen (secondary N) is 1. The average molecular weight is 208 g/mol. The van der Waals surface area contributed by atoms with Crippen molar-refractivity contribution in [3.8, 4) is 5.75 Å². The summed E-state index contributed by atoms with van der Waals surface area (Å²) in [7, 11) is 0. The van der Waals surface area contributed by atoms with E-state index in [9.17, 15) is 9.90 Å². The number of carbonyl (C=O) groups is 1. The molecular formula is C11H16N2O2. The molecule has 4 heteroatoms. The summed E-state index contributed by atoms with van der Waals surface area (Å²) in [4.78, 5) is 11.4. The third-order valence-corrected chi connectivity index (χ3v) is 2.25. The molecule has 1 aromatic carbocycles. The van der Waals surface area contributed by atoms with Crippen molar-refractivity contribution in [1.82, 2.24) is 5.32 Å². The molecule has 0 heterocycles. The van der Waals surface area contributed by atoms with Crippen LogP contribution in [-0.4, -0.2) is 17.6 Å². The van der Waals surface area contributed by atoms with E-state index >= 15 is 0 Å². The van der Waals surface area contributed by atoms with E-state index in [1.807, 2.05) is 6.07 Å². The fourth-order valence-corrected chi connectivity index (χ4v) is 1.12. The van der Waals surface area contributed by atoms with Gasteiger partial charge in [-0.3, -0.25) is 4.79 Å². The number of hydrogen-bond acceptors (Lipinski definition) is 3. The minimum atomic E-state index is -0.198. The first-order chi connectivity index (χ1) is 7.15. The highest BCUT2D eigenvalue weighted by Gasteiger charge is 2.10. The van der Waals surface area contributed by atoms with Crippen molar-refractivity contribution >= 4 is 5.91 Å². The van der Waals surface area contributed by atoms with Crippen LogP contribution < -0.4 is 11.1 Å². The molecule has 1 amide bonds. The van der Waals surface area contributed by atoms with Crippen LogP contribution >= 0.6 is 0 Å². The molecule has 4 nitrogen and oxygen atoms in total. The molecule has 0 aromatic heterocycles. The fourth-order valence-electron chi connectivity index (χ4n) is 1.12. The van der Waals surface area contributed by atoms with E-state index in [1.54, 1.807) is 25.1 Å². The number of aromatic hydroxyl groups is 1. The van der Waals surface area contributed by atoms with Crippen LogP contribution in [0.25, 0.3) is 0 Å². The lowest BCUT2D eigenvalue weighted by Crippen LogP contribution is -2.32. The van der Waals surface area contributed by atoms with Gasteiger partial charge in [0.1, 0.15) is 5.75 Å². The van der Waals surface area contributed by atoms with Gasteiger partial charge in [0.25, 0.3) is 0 Å². The van der Waals surface area contributed by atoms with Crippen LogP contribution in [0.4, 0.5) is 0 Å². The summed E-state index contributed by atoms with van der Waals surface area (Å²) in [5.74, 6) is -0.102. The summed E-state index contributed by atoms with van der Waals surface area (Å²) in [5.41, 5.74) is 6.07. The molecule has 15 heavy (non-hydrogen) atoms. The maximum Gasteiger partial charge on any atom is 0.224 e. The first-order valence-electron chi connectivity index (χ1n) is 4.89. The number of carbonyl (C=O) groups excluding carboxylic acids is 1. The molecule has 82 valence electrons. The van der Waals surface area contributed by atoms with Crippen molar-refractivity contribution in [2.45, 2.75) is 13.5 Å². The number of nitrogens with two attached hydrogens (primary N) is 1. The molecule has 1 aromatic rings. The van der Waals surface area contributed by atoms with Crippen LogP contribution in [0.1, 0.15) is 12.5 Å². The molecule has 0 aliphatic carbocycles. The van der Waals surface area contributed by atoms with E-state index in [-0.39, 0.29) is 17.6 Å². The highest BCUT2D eigenvalue weighted by atomic mass is 16.3. The molecule has 0 spiro atoms. The predicted molar refractivity (Wildman–Crippen MR) is 58.2 cm³/mol. The normalized spacial score (nSPS) is 12.1. The lowest BCUT2D eigenvalue weighted by Gasteiger charge is -2.10. The third kappa shape index (κ3) is 3.25. The van der Waals surface area contributed by atoms with Crippen molar-refractivity contribution in [2.24, 2.45) is 11.7 Å². The first-order valence-corrected chi connectivity index (χ1v) is 4.89. The van der Waals surface area contributed by atoms with Gasteiger partial charge in [0, 0.05) is 24.6 Å². The first kappa shape index (κ1) is 11.5. The van der Waals surface area contributed by atoms with E-state index in [2.05, 4.69) is 5.32 Å². The number of phenolic OH excluding ortho intramolecular Hbond substituents is 1.